The number of H-pyrrole nitrogens is 1. The molecule has 0 spiro atoms. The maximum absolute atomic E-state index is 12.6. The van der Waals surface area contributed by atoms with Crippen molar-refractivity contribution in [2.24, 2.45) is 10.8 Å². The molecule has 0 aliphatic heterocycles. The molecule has 22 heteroatoms. The van der Waals surface area contributed by atoms with Gasteiger partial charge in [-0.2, -0.15) is 9.97 Å². The fourth-order valence-electron chi connectivity index (χ4n) is 4.11. The number of hydrogen-bond donors (Lipinski definition) is 3. The Labute approximate surface area is 360 Å². The van der Waals surface area contributed by atoms with E-state index in [1.165, 1.54) is 23.5 Å². The van der Waals surface area contributed by atoms with Gasteiger partial charge in [0.05, 0.1) is 11.2 Å². The number of nitrogens with zero attached hydrogens (tertiary/aromatic N) is 2. The number of aromatic amines is 1. The third kappa shape index (κ3) is 22.4. The fourth-order valence-corrected chi connectivity index (χ4v) is 5.88. The number of ether oxygens (including phenoxy) is 7. The average Bonchev–Trinajstić information content (AvgIpc) is 3.24. The second kappa shape index (κ2) is 28.6. The van der Waals surface area contributed by atoms with E-state index in [0.717, 1.165) is 30.4 Å². The molecule has 328 valence electrons. The van der Waals surface area contributed by atoms with Gasteiger partial charge < -0.3 is 48.8 Å². The van der Waals surface area contributed by atoms with Gasteiger partial charge in [0, 0.05) is 55.3 Å². The second-order valence-electron chi connectivity index (χ2n) is 12.4. The Morgan fingerprint density at radius 1 is 0.633 bits per heavy atom. The van der Waals surface area contributed by atoms with Gasteiger partial charge in [0.1, 0.15) is 51.7 Å². The van der Waals surface area contributed by atoms with Crippen LogP contribution in [-0.4, -0.2) is 128 Å². The van der Waals surface area contributed by atoms with E-state index in [1.807, 2.05) is 0 Å². The summed E-state index contributed by atoms with van der Waals surface area (Å²) in [6.07, 6.45) is 3.18. The van der Waals surface area contributed by atoms with E-state index in [9.17, 15) is 33.6 Å². The lowest BCUT2D eigenvalue weighted by atomic mass is 9.84. The number of thioether (sulfide) groups is 2. The molecule has 0 radical (unpaired) electrons. The lowest BCUT2D eigenvalue weighted by Gasteiger charge is -2.31. The topological polar surface area (TPSA) is 250 Å². The van der Waals surface area contributed by atoms with Crippen LogP contribution in [-0.2, 0) is 57.1 Å². The summed E-state index contributed by atoms with van der Waals surface area (Å²) in [4.78, 5) is 96.0. The van der Waals surface area contributed by atoms with Gasteiger partial charge in [-0.3, -0.25) is 4.79 Å². The van der Waals surface area contributed by atoms with Gasteiger partial charge in [-0.25, -0.2) is 28.8 Å². The molecule has 1 rings (SSSR count). The van der Waals surface area contributed by atoms with Gasteiger partial charge in [-0.1, -0.05) is 63.0 Å². The summed E-state index contributed by atoms with van der Waals surface area (Å²) in [6.45, 7) is 19.9. The molecule has 0 bridgehead atoms. The van der Waals surface area contributed by atoms with Gasteiger partial charge in [0.25, 0.3) is 0 Å². The number of alkyl carbamates (subject to hydrolysis) is 2. The predicted molar refractivity (Wildman–Crippen MR) is 222 cm³/mol. The Bertz CT molecular complexity index is 1720. The third-order valence-corrected chi connectivity index (χ3v) is 9.26. The number of carbonyl (C=O) groups is 7. The first-order valence-corrected chi connectivity index (χ1v) is 20.1. The van der Waals surface area contributed by atoms with Crippen molar-refractivity contribution in [1.29, 1.82) is 0 Å². The summed E-state index contributed by atoms with van der Waals surface area (Å²) in [7, 11) is 0. The third-order valence-electron chi connectivity index (χ3n) is 7.34. The van der Waals surface area contributed by atoms with Crippen LogP contribution in [0.4, 0.5) is 9.59 Å². The highest BCUT2D eigenvalue weighted by atomic mass is 32.2. The van der Waals surface area contributed by atoms with Gasteiger partial charge >= 0.3 is 36.1 Å². The van der Waals surface area contributed by atoms with E-state index < -0.39 is 46.9 Å². The first-order chi connectivity index (χ1) is 28.5. The monoisotopic (exact) mass is 895 g/mol. The molecular weight excluding hydrogens is 847 g/mol. The summed E-state index contributed by atoms with van der Waals surface area (Å²) in [5.41, 5.74) is -2.58. The van der Waals surface area contributed by atoms with E-state index in [4.69, 9.17) is 45.4 Å². The highest BCUT2D eigenvalue weighted by Gasteiger charge is 2.38. The second-order valence-corrected chi connectivity index (χ2v) is 14.9. The first-order valence-electron chi connectivity index (χ1n) is 17.7. The van der Waals surface area contributed by atoms with E-state index >= 15 is 0 Å². The van der Waals surface area contributed by atoms with Crippen LogP contribution in [0.15, 0.2) is 85.9 Å². The predicted octanol–water partition coefficient (Wildman–Crippen LogP) is 4.15. The zero-order chi connectivity index (χ0) is 45.0. The lowest BCUT2D eigenvalue weighted by Crippen LogP contribution is -2.44. The Morgan fingerprint density at radius 3 is 1.50 bits per heavy atom. The van der Waals surface area contributed by atoms with Crippen LogP contribution in [0.3, 0.4) is 0 Å². The Balaban J connectivity index is 2.77. The molecule has 0 aromatic carbocycles. The number of amides is 2. The van der Waals surface area contributed by atoms with E-state index in [1.54, 1.807) is 6.92 Å². The highest BCUT2D eigenvalue weighted by Crippen LogP contribution is 2.27. The summed E-state index contributed by atoms with van der Waals surface area (Å²) in [5, 5.41) is 5.85. The normalized spacial score (nSPS) is 10.7. The van der Waals surface area contributed by atoms with E-state index in [0.29, 0.717) is 21.8 Å². The molecule has 3 N–H and O–H groups in total. The van der Waals surface area contributed by atoms with Crippen molar-refractivity contribution >= 4 is 77.6 Å². The Morgan fingerprint density at radius 2 is 1.05 bits per heavy atom. The number of ketones is 1. The van der Waals surface area contributed by atoms with Crippen LogP contribution in [0.25, 0.3) is 0 Å². The number of esters is 4. The molecule has 1 aromatic heterocycles. The number of allylic oxidation sites excluding steroid dienone is 2. The van der Waals surface area contributed by atoms with Crippen molar-refractivity contribution in [3.63, 3.8) is 0 Å². The molecule has 0 saturated carbocycles. The zero-order valence-corrected chi connectivity index (χ0v) is 35.6. The van der Waals surface area contributed by atoms with Crippen molar-refractivity contribution in [3.05, 3.63) is 80.4 Å². The van der Waals surface area contributed by atoms with Crippen LogP contribution in [0, 0.1) is 15.6 Å². The molecule has 0 saturated heterocycles. The van der Waals surface area contributed by atoms with Crippen LogP contribution in [0.5, 0.6) is 0 Å². The van der Waals surface area contributed by atoms with Gasteiger partial charge in [-0.05, 0) is 31.6 Å². The molecular formula is C38H49N5O14S3. The average molecular weight is 896 g/mol. The van der Waals surface area contributed by atoms with Crippen LogP contribution in [0.2, 0.25) is 0 Å². The van der Waals surface area contributed by atoms with Crippen molar-refractivity contribution < 1.29 is 66.7 Å². The standard InChI is InChI=1S/C38H49N5O14S3/c1-8-27(44)13-14-37(19-52-28(45)9-2,20-53-29(46)10-3)21-56-35(49)39-15-17-59-33-41-32(58)42-34(43-33)60-18-16-40-36(50)57-25-38(22-51-26(6)7,23-54-30(47)11-4)24-55-31(48)12-5/h8-12H,1-6,13-25H2,7H3,(H,39,49)(H,40,50)(H,41,42,43,58). The van der Waals surface area contributed by atoms with Gasteiger partial charge in [-0.15, -0.1) is 0 Å². The van der Waals surface area contributed by atoms with E-state index in [2.05, 4.69) is 65.1 Å². The van der Waals surface area contributed by atoms with Gasteiger partial charge in [0.15, 0.2) is 16.1 Å². The fraction of sp³-hybridized carbons (Fsp3) is 0.421. The number of carbonyl (C=O) groups excluding carboxylic acids is 7. The summed E-state index contributed by atoms with van der Waals surface area (Å²) in [5.74, 6) is -2.45. The molecule has 19 nitrogen and oxygen atoms in total. The lowest BCUT2D eigenvalue weighted by molar-refractivity contribution is -0.154. The number of nitrogens with one attached hydrogen (secondary N) is 3. The molecule has 0 fully saturated rings. The van der Waals surface area contributed by atoms with Crippen LogP contribution < -0.4 is 10.6 Å². The number of aromatic nitrogens is 3. The van der Waals surface area contributed by atoms with Crippen molar-refractivity contribution in [2.75, 3.05) is 70.8 Å². The summed E-state index contributed by atoms with van der Waals surface area (Å²) >= 11 is 7.62. The van der Waals surface area contributed by atoms with Gasteiger partial charge in [0.2, 0.25) is 4.77 Å². The molecule has 0 aliphatic rings. The zero-order valence-electron chi connectivity index (χ0n) is 33.2. The minimum Gasteiger partial charge on any atom is -0.498 e. The molecule has 2 amide bonds. The smallest absolute Gasteiger partial charge is 0.407 e. The molecule has 1 aromatic rings. The quantitative estimate of drug-likeness (QED) is 0.0180. The number of hydrogen-bond acceptors (Lipinski definition) is 19. The Hall–Kier alpha value is -5.74. The van der Waals surface area contributed by atoms with Crippen LogP contribution >= 0.6 is 35.7 Å². The van der Waals surface area contributed by atoms with Crippen molar-refractivity contribution in [3.8, 4) is 0 Å². The summed E-state index contributed by atoms with van der Waals surface area (Å²) in [6, 6.07) is 0. The largest absolute Gasteiger partial charge is 0.498 e. The molecule has 0 atom stereocenters. The Kier molecular flexibility index (Phi) is 25.0. The molecule has 0 aliphatic carbocycles. The van der Waals surface area contributed by atoms with Crippen molar-refractivity contribution in [1.82, 2.24) is 25.6 Å². The highest BCUT2D eigenvalue weighted by molar-refractivity contribution is 7.99. The molecule has 60 heavy (non-hydrogen) atoms. The molecule has 0 unspecified atom stereocenters. The minimum absolute atomic E-state index is 0.0158. The van der Waals surface area contributed by atoms with E-state index in [-0.39, 0.29) is 88.5 Å². The SMILES string of the molecule is C=CC(=O)CCC(COC(=O)C=C)(COC(=O)C=C)COC(=O)NCCSc1nc(SCCNC(=O)OCC(COC(=C)C)(COC(=O)C=C)COC(=O)C=C)[nH]c(=S)n1. The first kappa shape index (κ1) is 52.3. The van der Waals surface area contributed by atoms with Crippen LogP contribution in [0.1, 0.15) is 19.8 Å². The minimum atomic E-state index is -1.30. The van der Waals surface area contributed by atoms with Crippen molar-refractivity contribution in [2.45, 2.75) is 30.1 Å². The molecule has 1 heterocycles. The maximum Gasteiger partial charge on any atom is 0.407 e. The summed E-state index contributed by atoms with van der Waals surface area (Å²) < 4.78 is 37.1. The number of rotatable bonds is 31. The maximum atomic E-state index is 12.6.